The zero-order valence-electron chi connectivity index (χ0n) is 11.1. The maximum Gasteiger partial charge on any atom is 0.271 e. The van der Waals surface area contributed by atoms with Crippen LogP contribution in [0.15, 0.2) is 18.2 Å². The fourth-order valence-electron chi connectivity index (χ4n) is 3.21. The van der Waals surface area contributed by atoms with Gasteiger partial charge in [-0.3, -0.25) is 10.1 Å². The zero-order chi connectivity index (χ0) is 13.4. The molecule has 19 heavy (non-hydrogen) atoms. The van der Waals surface area contributed by atoms with E-state index >= 15 is 0 Å². The van der Waals surface area contributed by atoms with E-state index in [9.17, 15) is 10.1 Å². The Labute approximate surface area is 112 Å². The van der Waals surface area contributed by atoms with Gasteiger partial charge in [-0.1, -0.05) is 6.07 Å². The molecule has 2 aliphatic heterocycles. The summed E-state index contributed by atoms with van der Waals surface area (Å²) in [5, 5.41) is 14.6. The van der Waals surface area contributed by atoms with E-state index in [1.807, 2.05) is 13.0 Å². The molecule has 1 N–H and O–H groups in total. The Bertz CT molecular complexity index is 503. The van der Waals surface area contributed by atoms with Crippen LogP contribution in [0.25, 0.3) is 0 Å². The monoisotopic (exact) mass is 261 g/mol. The first-order chi connectivity index (χ1) is 9.13. The molecule has 0 radical (unpaired) electrons. The quantitative estimate of drug-likeness (QED) is 0.655. The molecule has 2 heterocycles. The van der Waals surface area contributed by atoms with Crippen molar-refractivity contribution in [1.29, 1.82) is 0 Å². The van der Waals surface area contributed by atoms with Gasteiger partial charge in [-0.15, -0.1) is 0 Å². The van der Waals surface area contributed by atoms with E-state index in [1.165, 1.54) is 12.8 Å². The van der Waals surface area contributed by atoms with Gasteiger partial charge in [-0.25, -0.2) is 0 Å². The van der Waals surface area contributed by atoms with Crippen molar-refractivity contribution in [3.63, 3.8) is 0 Å². The minimum Gasteiger partial charge on any atom is -0.369 e. The van der Waals surface area contributed by atoms with Crippen LogP contribution in [0, 0.1) is 17.0 Å². The molecular formula is C14H19N3O2. The molecule has 2 saturated heterocycles. The summed E-state index contributed by atoms with van der Waals surface area (Å²) < 4.78 is 0. The highest BCUT2D eigenvalue weighted by atomic mass is 16.6. The van der Waals surface area contributed by atoms with Crippen LogP contribution >= 0.6 is 0 Å². The number of non-ortho nitro benzene ring substituents is 1. The smallest absolute Gasteiger partial charge is 0.271 e. The second-order valence-corrected chi connectivity index (χ2v) is 5.60. The van der Waals surface area contributed by atoms with Crippen LogP contribution in [-0.4, -0.2) is 30.1 Å². The summed E-state index contributed by atoms with van der Waals surface area (Å²) in [4.78, 5) is 12.9. The van der Waals surface area contributed by atoms with Crippen molar-refractivity contribution in [2.45, 2.75) is 38.3 Å². The van der Waals surface area contributed by atoms with E-state index in [0.717, 1.165) is 30.8 Å². The molecule has 2 atom stereocenters. The summed E-state index contributed by atoms with van der Waals surface area (Å²) in [5.74, 6) is 0. The summed E-state index contributed by atoms with van der Waals surface area (Å²) in [5.41, 5.74) is 2.31. The summed E-state index contributed by atoms with van der Waals surface area (Å²) in [7, 11) is 0. The maximum atomic E-state index is 10.9. The number of nitro benzene ring substituents is 1. The summed E-state index contributed by atoms with van der Waals surface area (Å²) in [6.07, 6.45) is 3.61. The molecule has 0 saturated carbocycles. The first kappa shape index (κ1) is 12.4. The molecule has 102 valence electrons. The standard InChI is InChI=1S/C14H19N3O2/c1-10-2-5-13(17(18)19)8-14(10)16-7-6-11-3-4-12(9-16)15-11/h2,5,8,11-12,15H,3-4,6-7,9H2,1H3. The molecule has 0 aromatic heterocycles. The lowest BCUT2D eigenvalue weighted by Crippen LogP contribution is -2.35. The lowest BCUT2D eigenvalue weighted by atomic mass is 10.1. The number of nitrogens with one attached hydrogen (secondary N) is 1. The van der Waals surface area contributed by atoms with Gasteiger partial charge < -0.3 is 10.2 Å². The molecule has 5 nitrogen and oxygen atoms in total. The summed E-state index contributed by atoms with van der Waals surface area (Å²) in [6.45, 7) is 3.96. The largest absolute Gasteiger partial charge is 0.369 e. The molecule has 2 aliphatic rings. The second kappa shape index (κ2) is 4.81. The number of nitrogens with zero attached hydrogens (tertiary/aromatic N) is 2. The van der Waals surface area contributed by atoms with Gasteiger partial charge in [0.15, 0.2) is 0 Å². The number of benzene rings is 1. The van der Waals surface area contributed by atoms with E-state index in [1.54, 1.807) is 12.1 Å². The Morgan fingerprint density at radius 2 is 2.11 bits per heavy atom. The highest BCUT2D eigenvalue weighted by Gasteiger charge is 2.30. The Kier molecular flexibility index (Phi) is 3.14. The van der Waals surface area contributed by atoms with E-state index in [4.69, 9.17) is 0 Å². The van der Waals surface area contributed by atoms with Crippen LogP contribution in [0.4, 0.5) is 11.4 Å². The lowest BCUT2D eigenvalue weighted by Gasteiger charge is -2.27. The molecule has 5 heteroatoms. The van der Waals surface area contributed by atoms with Crippen molar-refractivity contribution in [3.8, 4) is 0 Å². The van der Waals surface area contributed by atoms with E-state index < -0.39 is 0 Å². The van der Waals surface area contributed by atoms with Gasteiger partial charge in [0.1, 0.15) is 0 Å². The van der Waals surface area contributed by atoms with Gasteiger partial charge >= 0.3 is 0 Å². The van der Waals surface area contributed by atoms with Crippen LogP contribution in [0.2, 0.25) is 0 Å². The molecule has 0 amide bonds. The average Bonchev–Trinajstić information content (AvgIpc) is 2.70. The summed E-state index contributed by atoms with van der Waals surface area (Å²) in [6, 6.07) is 6.32. The Morgan fingerprint density at radius 1 is 1.32 bits per heavy atom. The van der Waals surface area contributed by atoms with Gasteiger partial charge in [0.05, 0.1) is 4.92 Å². The first-order valence-electron chi connectivity index (χ1n) is 6.89. The third-order valence-electron chi connectivity index (χ3n) is 4.27. The van der Waals surface area contributed by atoms with Gasteiger partial charge in [0.25, 0.3) is 5.69 Å². The SMILES string of the molecule is Cc1ccc([N+](=O)[O-])cc1N1CCC2CCC(C1)N2. The van der Waals surface area contributed by atoms with Crippen LogP contribution in [0.1, 0.15) is 24.8 Å². The van der Waals surface area contributed by atoms with Gasteiger partial charge in [0, 0.05) is 43.0 Å². The number of aryl methyl sites for hydroxylation is 1. The first-order valence-corrected chi connectivity index (χ1v) is 6.89. The molecule has 2 unspecified atom stereocenters. The van der Waals surface area contributed by atoms with Crippen molar-refractivity contribution in [1.82, 2.24) is 5.32 Å². The van der Waals surface area contributed by atoms with E-state index in [2.05, 4.69) is 10.2 Å². The van der Waals surface area contributed by atoms with Crippen molar-refractivity contribution >= 4 is 11.4 Å². The van der Waals surface area contributed by atoms with Crippen LogP contribution in [-0.2, 0) is 0 Å². The molecule has 2 fully saturated rings. The highest BCUT2D eigenvalue weighted by Crippen LogP contribution is 2.29. The van der Waals surface area contributed by atoms with E-state index in [-0.39, 0.29) is 10.6 Å². The Morgan fingerprint density at radius 3 is 2.89 bits per heavy atom. The third-order valence-corrected chi connectivity index (χ3v) is 4.27. The Hall–Kier alpha value is -1.62. The number of nitro groups is 1. The third kappa shape index (κ3) is 2.42. The van der Waals surface area contributed by atoms with Crippen molar-refractivity contribution in [3.05, 3.63) is 33.9 Å². The van der Waals surface area contributed by atoms with E-state index in [0.29, 0.717) is 12.1 Å². The Balaban J connectivity index is 1.88. The number of hydrogen-bond acceptors (Lipinski definition) is 4. The predicted molar refractivity (Wildman–Crippen MR) is 74.6 cm³/mol. The average molecular weight is 261 g/mol. The maximum absolute atomic E-state index is 10.9. The molecular weight excluding hydrogens is 242 g/mol. The predicted octanol–water partition coefficient (Wildman–Crippen LogP) is 2.23. The minimum atomic E-state index is -0.314. The van der Waals surface area contributed by atoms with Gasteiger partial charge in [-0.05, 0) is 31.7 Å². The topological polar surface area (TPSA) is 58.4 Å². The zero-order valence-corrected chi connectivity index (χ0v) is 11.1. The van der Waals surface area contributed by atoms with Crippen LogP contribution < -0.4 is 10.2 Å². The molecule has 3 rings (SSSR count). The molecule has 1 aromatic rings. The molecule has 1 aromatic carbocycles. The second-order valence-electron chi connectivity index (χ2n) is 5.60. The lowest BCUT2D eigenvalue weighted by molar-refractivity contribution is -0.384. The summed E-state index contributed by atoms with van der Waals surface area (Å²) >= 11 is 0. The van der Waals surface area contributed by atoms with Crippen molar-refractivity contribution in [2.24, 2.45) is 0 Å². The number of hydrogen-bond donors (Lipinski definition) is 1. The van der Waals surface area contributed by atoms with Crippen LogP contribution in [0.3, 0.4) is 0 Å². The van der Waals surface area contributed by atoms with Crippen molar-refractivity contribution < 1.29 is 4.92 Å². The fraction of sp³-hybridized carbons (Fsp3) is 0.571. The normalized spacial score (nSPS) is 26.3. The number of rotatable bonds is 2. The minimum absolute atomic E-state index is 0.183. The number of anilines is 1. The molecule has 0 spiro atoms. The van der Waals surface area contributed by atoms with Gasteiger partial charge in [-0.2, -0.15) is 0 Å². The van der Waals surface area contributed by atoms with Crippen molar-refractivity contribution in [2.75, 3.05) is 18.0 Å². The molecule has 0 aliphatic carbocycles. The highest BCUT2D eigenvalue weighted by molar-refractivity contribution is 5.59. The fourth-order valence-corrected chi connectivity index (χ4v) is 3.21. The molecule has 2 bridgehead atoms. The van der Waals surface area contributed by atoms with Crippen LogP contribution in [0.5, 0.6) is 0 Å². The van der Waals surface area contributed by atoms with Gasteiger partial charge in [0.2, 0.25) is 0 Å². The number of fused-ring (bicyclic) bond motifs is 2.